The average Bonchev–Trinajstić information content (AvgIpc) is 3.64. The number of hydrogen-bond acceptors (Lipinski definition) is 1. The van der Waals surface area contributed by atoms with Crippen molar-refractivity contribution in [2.75, 3.05) is 0 Å². The van der Waals surface area contributed by atoms with Crippen LogP contribution >= 0.6 is 0 Å². The van der Waals surface area contributed by atoms with Gasteiger partial charge in [0, 0.05) is 50.3 Å². The maximum atomic E-state index is 10.5. The van der Waals surface area contributed by atoms with Gasteiger partial charge >= 0.3 is 0 Å². The molecule has 5 aliphatic carbocycles. The van der Waals surface area contributed by atoms with Crippen molar-refractivity contribution in [2.24, 2.45) is 0 Å². The van der Waals surface area contributed by atoms with E-state index >= 15 is 0 Å². The molecule has 0 saturated heterocycles. The molecule has 5 aromatic rings. The summed E-state index contributed by atoms with van der Waals surface area (Å²) in [6, 6.07) is 22.8. The zero-order chi connectivity index (χ0) is 33.6. The van der Waals surface area contributed by atoms with Gasteiger partial charge in [-0.15, -0.1) is 0 Å². The molecule has 0 radical (unpaired) electrons. The number of rotatable bonds is 3. The minimum Gasteiger partial charge on any atom is -0.315 e. The van der Waals surface area contributed by atoms with Gasteiger partial charge in [-0.05, 0) is 96.7 Å². The van der Waals surface area contributed by atoms with Gasteiger partial charge in [0.15, 0.2) is 0 Å². The monoisotopic (exact) mass is 645 g/mol. The summed E-state index contributed by atoms with van der Waals surface area (Å²) in [5.41, 5.74) is 17.8. The number of aromatic nitrogens is 2. The highest BCUT2D eigenvalue weighted by molar-refractivity contribution is 6.16. The standard InChI is InChI=1S/C47H39N3/c1-47(2)38-16-5-3-4-14-36(38)45-39(47)25-27-44-46(45)37-15-8-11-19-43(37)49(44)33-23-20-30(21-24-33)31-22-26-40(32(28-31)29-48)50-41-17-9-6-12-34(41)35-13-7-10-18-42(35)50/h3-8,11-13,15-16,19-20,22-28,30H,9-10,14,17-18,21H2,1-2H3. The molecule has 0 bridgehead atoms. The largest absolute Gasteiger partial charge is 0.315 e. The summed E-state index contributed by atoms with van der Waals surface area (Å²) < 4.78 is 4.88. The molecule has 3 heteroatoms. The molecule has 0 spiro atoms. The highest BCUT2D eigenvalue weighted by Crippen LogP contribution is 2.53. The molecule has 1 unspecified atom stereocenters. The lowest BCUT2D eigenvalue weighted by Gasteiger charge is -2.23. The third kappa shape index (κ3) is 4.09. The first-order chi connectivity index (χ1) is 24.5. The van der Waals surface area contributed by atoms with Crippen LogP contribution in [0.4, 0.5) is 0 Å². The molecule has 3 aromatic carbocycles. The fourth-order valence-electron chi connectivity index (χ4n) is 9.57. The molecule has 0 saturated carbocycles. The van der Waals surface area contributed by atoms with Gasteiger partial charge in [-0.2, -0.15) is 5.26 Å². The van der Waals surface area contributed by atoms with Crippen LogP contribution in [0.5, 0.6) is 0 Å². The van der Waals surface area contributed by atoms with E-state index in [4.69, 9.17) is 0 Å². The molecule has 50 heavy (non-hydrogen) atoms. The summed E-state index contributed by atoms with van der Waals surface area (Å²) in [6.45, 7) is 4.75. The van der Waals surface area contributed by atoms with Crippen LogP contribution in [0.25, 0.3) is 50.9 Å². The van der Waals surface area contributed by atoms with E-state index in [0.29, 0.717) is 0 Å². The molecule has 2 aromatic heterocycles. The Morgan fingerprint density at radius 1 is 0.800 bits per heavy atom. The third-order valence-electron chi connectivity index (χ3n) is 11.9. The summed E-state index contributed by atoms with van der Waals surface area (Å²) in [4.78, 5) is 0. The van der Waals surface area contributed by atoms with Crippen molar-refractivity contribution in [1.29, 1.82) is 5.26 Å². The number of benzene rings is 3. The lowest BCUT2D eigenvalue weighted by Crippen LogP contribution is -2.16. The van der Waals surface area contributed by atoms with Crippen LogP contribution in [-0.4, -0.2) is 9.13 Å². The molecule has 242 valence electrons. The van der Waals surface area contributed by atoms with Crippen molar-refractivity contribution in [1.82, 2.24) is 9.13 Å². The van der Waals surface area contributed by atoms with Gasteiger partial charge < -0.3 is 9.13 Å². The summed E-state index contributed by atoms with van der Waals surface area (Å²) in [7, 11) is 0. The normalized spacial score (nSPS) is 19.7. The van der Waals surface area contributed by atoms with Gasteiger partial charge in [-0.1, -0.05) is 105 Å². The minimum atomic E-state index is -0.0339. The number of allylic oxidation sites excluding steroid dienone is 12. The molecule has 1 atom stereocenters. The maximum Gasteiger partial charge on any atom is 0.101 e. The summed E-state index contributed by atoms with van der Waals surface area (Å²) in [5.74, 6) is 0.216. The van der Waals surface area contributed by atoms with E-state index in [1.54, 1.807) is 0 Å². The van der Waals surface area contributed by atoms with Crippen molar-refractivity contribution in [3.8, 4) is 11.8 Å². The molecule has 3 nitrogen and oxygen atoms in total. The van der Waals surface area contributed by atoms with E-state index in [9.17, 15) is 5.26 Å². The Balaban J connectivity index is 1.04. The number of hydrogen-bond donors (Lipinski definition) is 0. The SMILES string of the molecule is CC1(C)C2=C(CC=CC=C2)c2c1ccc1c2c2ccccc2n1C1=CCC(c2ccc(-n3c4c(c5c3CCC=C5)C=CCC4)c(C#N)c2)C=C1. The van der Waals surface area contributed by atoms with E-state index < -0.39 is 0 Å². The number of para-hydroxylation sites is 1. The molecule has 0 fully saturated rings. The van der Waals surface area contributed by atoms with Gasteiger partial charge in [0.1, 0.15) is 6.07 Å². The predicted octanol–water partition coefficient (Wildman–Crippen LogP) is 11.5. The van der Waals surface area contributed by atoms with Crippen LogP contribution in [0.2, 0.25) is 0 Å². The Morgan fingerprint density at radius 2 is 1.60 bits per heavy atom. The minimum absolute atomic E-state index is 0.0339. The smallest absolute Gasteiger partial charge is 0.101 e. The Bertz CT molecular complexity index is 2530. The van der Waals surface area contributed by atoms with Gasteiger partial charge in [0.05, 0.1) is 22.3 Å². The molecular weight excluding hydrogens is 607 g/mol. The van der Waals surface area contributed by atoms with Crippen LogP contribution in [0, 0.1) is 11.3 Å². The Morgan fingerprint density at radius 3 is 2.36 bits per heavy atom. The van der Waals surface area contributed by atoms with Crippen LogP contribution in [0.1, 0.15) is 90.2 Å². The molecular formula is C47H39N3. The first kappa shape index (κ1) is 29.3. The second-order valence-corrected chi connectivity index (χ2v) is 14.9. The van der Waals surface area contributed by atoms with E-state index in [-0.39, 0.29) is 11.3 Å². The number of fused-ring (bicyclic) bond motifs is 9. The zero-order valence-corrected chi connectivity index (χ0v) is 28.7. The average molecular weight is 646 g/mol. The molecule has 0 aliphatic heterocycles. The molecule has 0 N–H and O–H groups in total. The van der Waals surface area contributed by atoms with Crippen molar-refractivity contribution >= 4 is 45.2 Å². The van der Waals surface area contributed by atoms with Crippen molar-refractivity contribution < 1.29 is 0 Å². The first-order valence-corrected chi connectivity index (χ1v) is 18.2. The summed E-state index contributed by atoms with van der Waals surface area (Å²) in [6.07, 6.45) is 31.1. The number of nitrogens with zero attached hydrogens (tertiary/aromatic N) is 3. The van der Waals surface area contributed by atoms with Crippen LogP contribution in [-0.2, 0) is 18.3 Å². The molecule has 5 aliphatic rings. The van der Waals surface area contributed by atoms with Crippen molar-refractivity contribution in [3.05, 3.63) is 160 Å². The van der Waals surface area contributed by atoms with E-state index in [1.165, 1.54) is 77.9 Å². The maximum absolute atomic E-state index is 10.5. The predicted molar refractivity (Wildman–Crippen MR) is 208 cm³/mol. The van der Waals surface area contributed by atoms with E-state index in [0.717, 1.165) is 49.8 Å². The fourth-order valence-corrected chi connectivity index (χ4v) is 9.57. The second kappa shape index (κ2) is 11.0. The van der Waals surface area contributed by atoms with Gasteiger partial charge in [-0.25, -0.2) is 0 Å². The van der Waals surface area contributed by atoms with Crippen LogP contribution in [0.3, 0.4) is 0 Å². The van der Waals surface area contributed by atoms with Crippen LogP contribution in [0.15, 0.2) is 115 Å². The zero-order valence-electron chi connectivity index (χ0n) is 28.7. The molecule has 2 heterocycles. The Labute approximate surface area is 293 Å². The van der Waals surface area contributed by atoms with Crippen LogP contribution < -0.4 is 0 Å². The first-order valence-electron chi connectivity index (χ1n) is 18.2. The van der Waals surface area contributed by atoms with Crippen molar-refractivity contribution in [2.45, 2.75) is 63.7 Å². The second-order valence-electron chi connectivity index (χ2n) is 14.9. The fraction of sp³-hybridized carbons (Fsp3) is 0.213. The van der Waals surface area contributed by atoms with Crippen molar-refractivity contribution in [3.63, 3.8) is 0 Å². The van der Waals surface area contributed by atoms with Gasteiger partial charge in [0.2, 0.25) is 0 Å². The highest BCUT2D eigenvalue weighted by Gasteiger charge is 2.38. The van der Waals surface area contributed by atoms with Gasteiger partial charge in [-0.3, -0.25) is 0 Å². The Kier molecular flexibility index (Phi) is 6.43. The topological polar surface area (TPSA) is 33.6 Å². The summed E-state index contributed by atoms with van der Waals surface area (Å²) in [5, 5.41) is 13.1. The van der Waals surface area contributed by atoms with E-state index in [1.807, 2.05) is 0 Å². The Hall–Kier alpha value is -5.59. The lowest BCUT2D eigenvalue weighted by molar-refractivity contribution is 0.654. The summed E-state index contributed by atoms with van der Waals surface area (Å²) >= 11 is 0. The highest BCUT2D eigenvalue weighted by atomic mass is 15.0. The number of nitriles is 1. The quantitative estimate of drug-likeness (QED) is 0.192. The van der Waals surface area contributed by atoms with E-state index in [2.05, 4.69) is 150 Å². The molecule has 0 amide bonds. The van der Waals surface area contributed by atoms with Gasteiger partial charge in [0.25, 0.3) is 0 Å². The lowest BCUT2D eigenvalue weighted by atomic mass is 9.80. The third-order valence-corrected chi connectivity index (χ3v) is 11.9. The molecule has 10 rings (SSSR count).